The van der Waals surface area contributed by atoms with E-state index >= 15 is 0 Å². The summed E-state index contributed by atoms with van der Waals surface area (Å²) >= 11 is 0. The van der Waals surface area contributed by atoms with E-state index < -0.39 is 17.5 Å². The fourth-order valence-electron chi connectivity index (χ4n) is 2.28. The van der Waals surface area contributed by atoms with E-state index in [1.165, 1.54) is 12.1 Å². The van der Waals surface area contributed by atoms with Gasteiger partial charge in [-0.3, -0.25) is 14.9 Å². The summed E-state index contributed by atoms with van der Waals surface area (Å²) in [6.45, 7) is 5.75. The lowest BCUT2D eigenvalue weighted by Crippen LogP contribution is -2.15. The molecule has 0 radical (unpaired) electrons. The third-order valence-electron chi connectivity index (χ3n) is 3.87. The molecular formula is C19H20N2O5. The van der Waals surface area contributed by atoms with Crippen molar-refractivity contribution >= 4 is 23.1 Å². The van der Waals surface area contributed by atoms with Gasteiger partial charge in [-0.1, -0.05) is 45.0 Å². The van der Waals surface area contributed by atoms with Crippen molar-refractivity contribution < 1.29 is 19.2 Å². The van der Waals surface area contributed by atoms with Crippen molar-refractivity contribution in [2.45, 2.75) is 26.2 Å². The van der Waals surface area contributed by atoms with Gasteiger partial charge in [-0.2, -0.15) is 0 Å². The second kappa shape index (κ2) is 7.35. The summed E-state index contributed by atoms with van der Waals surface area (Å²) in [6, 6.07) is 10.7. The van der Waals surface area contributed by atoms with Crippen molar-refractivity contribution in [1.82, 2.24) is 0 Å². The van der Waals surface area contributed by atoms with Gasteiger partial charge in [0.15, 0.2) is 12.4 Å². The Hall–Kier alpha value is -3.22. The van der Waals surface area contributed by atoms with Gasteiger partial charge in [0.25, 0.3) is 5.69 Å². The van der Waals surface area contributed by atoms with Gasteiger partial charge in [0.05, 0.1) is 10.5 Å². The highest BCUT2D eigenvalue weighted by Crippen LogP contribution is 2.23. The molecule has 2 rings (SSSR count). The molecule has 7 heteroatoms. The third kappa shape index (κ3) is 4.44. The van der Waals surface area contributed by atoms with Crippen LogP contribution in [0.15, 0.2) is 42.5 Å². The van der Waals surface area contributed by atoms with E-state index in [9.17, 15) is 19.7 Å². The molecule has 0 saturated carbocycles. The number of hydrogen-bond donors (Lipinski definition) is 1. The van der Waals surface area contributed by atoms with Crippen molar-refractivity contribution in [3.8, 4) is 0 Å². The van der Waals surface area contributed by atoms with Crippen LogP contribution in [0.2, 0.25) is 0 Å². The summed E-state index contributed by atoms with van der Waals surface area (Å²) in [5.41, 5.74) is 6.48. The van der Waals surface area contributed by atoms with Crippen LogP contribution in [0.25, 0.3) is 0 Å². The van der Waals surface area contributed by atoms with E-state index in [0.717, 1.165) is 11.6 Å². The molecule has 26 heavy (non-hydrogen) atoms. The van der Waals surface area contributed by atoms with Crippen LogP contribution in [0.3, 0.4) is 0 Å². The standard InChI is InChI=1S/C19H20N2O5/c1-19(2,3)14-7-4-12(5-8-14)17(22)11-26-18(23)13-6-9-15(20)16(10-13)21(24)25/h4-10H,11,20H2,1-3H3. The Morgan fingerprint density at radius 3 is 2.19 bits per heavy atom. The van der Waals surface area contributed by atoms with Crippen LogP contribution < -0.4 is 5.73 Å². The number of nitro groups is 1. The molecule has 0 atom stereocenters. The molecule has 0 amide bonds. The van der Waals surface area contributed by atoms with E-state index in [-0.39, 0.29) is 28.1 Å². The van der Waals surface area contributed by atoms with Crippen LogP contribution in [0.4, 0.5) is 11.4 Å². The van der Waals surface area contributed by atoms with Crippen LogP contribution >= 0.6 is 0 Å². The van der Waals surface area contributed by atoms with Gasteiger partial charge in [-0.05, 0) is 23.1 Å². The second-order valence-electron chi connectivity index (χ2n) is 6.86. The molecule has 2 aromatic carbocycles. The Balaban J connectivity index is 2.04. The highest BCUT2D eigenvalue weighted by Gasteiger charge is 2.18. The van der Waals surface area contributed by atoms with Crippen molar-refractivity contribution in [2.24, 2.45) is 0 Å². The Morgan fingerprint density at radius 2 is 1.65 bits per heavy atom. The maximum atomic E-state index is 12.2. The first-order valence-electron chi connectivity index (χ1n) is 7.94. The summed E-state index contributed by atoms with van der Waals surface area (Å²) < 4.78 is 4.96. The lowest BCUT2D eigenvalue weighted by molar-refractivity contribution is -0.383. The molecule has 136 valence electrons. The maximum Gasteiger partial charge on any atom is 0.338 e. The number of nitro benzene ring substituents is 1. The molecule has 0 aliphatic heterocycles. The number of nitrogens with two attached hydrogens (primary N) is 1. The number of anilines is 1. The number of nitrogens with zero attached hydrogens (tertiary/aromatic N) is 1. The molecule has 0 unspecified atom stereocenters. The molecule has 2 aromatic rings. The van der Waals surface area contributed by atoms with Crippen molar-refractivity contribution in [2.75, 3.05) is 12.3 Å². The number of ketones is 1. The molecule has 0 heterocycles. The Labute approximate surface area is 150 Å². The van der Waals surface area contributed by atoms with Gasteiger partial charge < -0.3 is 10.5 Å². The first-order chi connectivity index (χ1) is 12.1. The average molecular weight is 356 g/mol. The van der Waals surface area contributed by atoms with E-state index in [2.05, 4.69) is 20.8 Å². The number of carbonyl (C=O) groups excluding carboxylic acids is 2. The zero-order valence-corrected chi connectivity index (χ0v) is 14.8. The molecule has 0 fully saturated rings. The molecule has 0 spiro atoms. The molecule has 0 bridgehead atoms. The smallest absolute Gasteiger partial charge is 0.338 e. The number of ether oxygens (including phenoxy) is 1. The van der Waals surface area contributed by atoms with Gasteiger partial charge in [0, 0.05) is 11.6 Å². The van der Waals surface area contributed by atoms with E-state index in [4.69, 9.17) is 10.5 Å². The van der Waals surface area contributed by atoms with Crippen LogP contribution in [0.5, 0.6) is 0 Å². The van der Waals surface area contributed by atoms with Crippen LogP contribution in [0, 0.1) is 10.1 Å². The Bertz CT molecular complexity index is 851. The highest BCUT2D eigenvalue weighted by molar-refractivity contribution is 5.99. The van der Waals surface area contributed by atoms with Gasteiger partial charge >= 0.3 is 5.97 Å². The summed E-state index contributed by atoms with van der Waals surface area (Å²) in [7, 11) is 0. The zero-order chi connectivity index (χ0) is 19.5. The highest BCUT2D eigenvalue weighted by atomic mass is 16.6. The topological polar surface area (TPSA) is 113 Å². The number of esters is 1. The summed E-state index contributed by atoms with van der Waals surface area (Å²) in [5, 5.41) is 10.9. The lowest BCUT2D eigenvalue weighted by atomic mass is 9.86. The minimum absolute atomic E-state index is 0.0298. The molecule has 0 aliphatic rings. The summed E-state index contributed by atoms with van der Waals surface area (Å²) in [5.74, 6) is -1.18. The number of nitrogen functional groups attached to an aromatic ring is 1. The molecular weight excluding hydrogens is 336 g/mol. The first-order valence-corrected chi connectivity index (χ1v) is 7.94. The van der Waals surface area contributed by atoms with Crippen LogP contribution in [-0.2, 0) is 10.2 Å². The number of hydrogen-bond acceptors (Lipinski definition) is 6. The van der Waals surface area contributed by atoms with Gasteiger partial charge in [0.1, 0.15) is 5.69 Å². The van der Waals surface area contributed by atoms with Crippen molar-refractivity contribution in [1.29, 1.82) is 0 Å². The van der Waals surface area contributed by atoms with Crippen LogP contribution in [-0.4, -0.2) is 23.3 Å². The third-order valence-corrected chi connectivity index (χ3v) is 3.87. The predicted octanol–water partition coefficient (Wildman–Crippen LogP) is 3.51. The minimum Gasteiger partial charge on any atom is -0.454 e. The molecule has 0 saturated heterocycles. The molecule has 7 nitrogen and oxygen atoms in total. The summed E-state index contributed by atoms with van der Waals surface area (Å²) in [6.07, 6.45) is 0. The predicted molar refractivity (Wildman–Crippen MR) is 97.3 cm³/mol. The fourth-order valence-corrected chi connectivity index (χ4v) is 2.28. The Kier molecular flexibility index (Phi) is 5.40. The monoisotopic (exact) mass is 356 g/mol. The number of benzene rings is 2. The summed E-state index contributed by atoms with van der Waals surface area (Å²) in [4.78, 5) is 34.4. The SMILES string of the molecule is CC(C)(C)c1ccc(C(=O)COC(=O)c2ccc(N)c([N+](=O)[O-])c2)cc1. The van der Waals surface area contributed by atoms with Crippen molar-refractivity contribution in [3.63, 3.8) is 0 Å². The molecule has 2 N–H and O–H groups in total. The number of rotatable bonds is 5. The largest absolute Gasteiger partial charge is 0.454 e. The molecule has 0 aliphatic carbocycles. The van der Waals surface area contributed by atoms with Gasteiger partial charge in [-0.15, -0.1) is 0 Å². The van der Waals surface area contributed by atoms with Crippen LogP contribution in [0.1, 0.15) is 47.1 Å². The minimum atomic E-state index is -0.826. The Morgan fingerprint density at radius 1 is 1.08 bits per heavy atom. The second-order valence-corrected chi connectivity index (χ2v) is 6.86. The normalized spacial score (nSPS) is 11.0. The van der Waals surface area contributed by atoms with Gasteiger partial charge in [-0.25, -0.2) is 4.79 Å². The number of Topliss-reactive ketones (excluding diaryl/α,β-unsaturated/α-hetero) is 1. The lowest BCUT2D eigenvalue weighted by Gasteiger charge is -2.18. The zero-order valence-electron chi connectivity index (χ0n) is 14.8. The molecule has 0 aromatic heterocycles. The number of carbonyl (C=O) groups is 2. The van der Waals surface area contributed by atoms with Crippen molar-refractivity contribution in [3.05, 3.63) is 69.3 Å². The van der Waals surface area contributed by atoms with E-state index in [1.54, 1.807) is 12.1 Å². The average Bonchev–Trinajstić information content (AvgIpc) is 2.58. The quantitative estimate of drug-likeness (QED) is 0.288. The van der Waals surface area contributed by atoms with E-state index in [1.807, 2.05) is 12.1 Å². The fraction of sp³-hybridized carbons (Fsp3) is 0.263. The first kappa shape index (κ1) is 19.1. The van der Waals surface area contributed by atoms with E-state index in [0.29, 0.717) is 5.56 Å². The maximum absolute atomic E-state index is 12.2. The van der Waals surface area contributed by atoms with Gasteiger partial charge in [0.2, 0.25) is 0 Å².